The Morgan fingerprint density at radius 1 is 1.08 bits per heavy atom. The average Bonchev–Trinajstić information content (AvgIpc) is 3.09. The summed E-state index contributed by atoms with van der Waals surface area (Å²) >= 11 is 0. The van der Waals surface area contributed by atoms with E-state index in [-0.39, 0.29) is 11.8 Å². The molecule has 2 saturated heterocycles. The number of ether oxygens (including phenoxy) is 1. The van der Waals surface area contributed by atoms with Gasteiger partial charge in [0.15, 0.2) is 0 Å². The van der Waals surface area contributed by atoms with Gasteiger partial charge >= 0.3 is 0 Å². The SMILES string of the molecule is O=C(Cc1ccc(N2CCCC2=O)cc1)NCCCCN1CCOCC1. The van der Waals surface area contributed by atoms with Gasteiger partial charge in [-0.25, -0.2) is 0 Å². The molecule has 1 N–H and O–H groups in total. The van der Waals surface area contributed by atoms with Crippen molar-refractivity contribution >= 4 is 17.5 Å². The van der Waals surface area contributed by atoms with E-state index in [2.05, 4.69) is 10.2 Å². The Labute approximate surface area is 155 Å². The fourth-order valence-corrected chi connectivity index (χ4v) is 3.48. The molecule has 6 heteroatoms. The van der Waals surface area contributed by atoms with Crippen molar-refractivity contribution in [1.82, 2.24) is 10.2 Å². The van der Waals surface area contributed by atoms with Gasteiger partial charge in [0, 0.05) is 38.3 Å². The van der Waals surface area contributed by atoms with Crippen molar-refractivity contribution in [3.05, 3.63) is 29.8 Å². The van der Waals surface area contributed by atoms with Gasteiger partial charge in [-0.1, -0.05) is 12.1 Å². The lowest BCUT2D eigenvalue weighted by Crippen LogP contribution is -2.37. The first-order valence-corrected chi connectivity index (χ1v) is 9.68. The molecule has 1 aromatic carbocycles. The van der Waals surface area contributed by atoms with E-state index in [1.807, 2.05) is 29.2 Å². The highest BCUT2D eigenvalue weighted by molar-refractivity contribution is 5.95. The van der Waals surface area contributed by atoms with Crippen LogP contribution in [0.4, 0.5) is 5.69 Å². The highest BCUT2D eigenvalue weighted by Gasteiger charge is 2.21. The molecule has 0 aliphatic carbocycles. The average molecular weight is 359 g/mol. The van der Waals surface area contributed by atoms with Crippen molar-refractivity contribution in [2.24, 2.45) is 0 Å². The lowest BCUT2D eigenvalue weighted by Gasteiger charge is -2.26. The van der Waals surface area contributed by atoms with Crippen LogP contribution in [0, 0.1) is 0 Å². The highest BCUT2D eigenvalue weighted by Crippen LogP contribution is 2.21. The number of morpholine rings is 1. The van der Waals surface area contributed by atoms with Crippen LogP contribution in [0.2, 0.25) is 0 Å². The molecule has 0 unspecified atom stereocenters. The topological polar surface area (TPSA) is 61.9 Å². The van der Waals surface area contributed by atoms with E-state index in [1.165, 1.54) is 0 Å². The minimum atomic E-state index is 0.0568. The second kappa shape index (κ2) is 9.69. The summed E-state index contributed by atoms with van der Waals surface area (Å²) in [5.41, 5.74) is 1.91. The number of hydrogen-bond donors (Lipinski definition) is 1. The Balaban J connectivity index is 1.32. The number of rotatable bonds is 8. The molecule has 26 heavy (non-hydrogen) atoms. The maximum absolute atomic E-state index is 12.1. The quantitative estimate of drug-likeness (QED) is 0.716. The number of carbonyl (C=O) groups is 2. The standard InChI is InChI=1S/C20H29N3O3/c24-19(21-9-1-2-10-22-12-14-26-15-13-22)16-17-5-7-18(8-6-17)23-11-3-4-20(23)25/h5-8H,1-4,9-16H2,(H,21,24). The zero-order chi connectivity index (χ0) is 18.2. The van der Waals surface area contributed by atoms with Gasteiger partial charge < -0.3 is 15.0 Å². The molecular weight excluding hydrogens is 330 g/mol. The molecule has 2 heterocycles. The molecule has 3 rings (SSSR count). The first-order chi connectivity index (χ1) is 12.7. The van der Waals surface area contributed by atoms with E-state index in [1.54, 1.807) is 0 Å². The summed E-state index contributed by atoms with van der Waals surface area (Å²) in [5.74, 6) is 0.244. The molecule has 0 aromatic heterocycles. The second-order valence-corrected chi connectivity index (χ2v) is 7.00. The van der Waals surface area contributed by atoms with Crippen LogP contribution in [0.15, 0.2) is 24.3 Å². The summed E-state index contributed by atoms with van der Waals surface area (Å²) in [6.07, 6.45) is 4.04. The first kappa shape index (κ1) is 18.9. The van der Waals surface area contributed by atoms with E-state index < -0.39 is 0 Å². The Morgan fingerprint density at radius 3 is 2.54 bits per heavy atom. The van der Waals surface area contributed by atoms with Gasteiger partial charge in [0.1, 0.15) is 0 Å². The molecule has 0 saturated carbocycles. The lowest BCUT2D eigenvalue weighted by atomic mass is 10.1. The van der Waals surface area contributed by atoms with Crippen molar-refractivity contribution in [1.29, 1.82) is 0 Å². The number of benzene rings is 1. The second-order valence-electron chi connectivity index (χ2n) is 7.00. The smallest absolute Gasteiger partial charge is 0.227 e. The first-order valence-electron chi connectivity index (χ1n) is 9.68. The molecule has 2 aliphatic heterocycles. The van der Waals surface area contributed by atoms with Crippen molar-refractivity contribution in [2.45, 2.75) is 32.1 Å². The van der Waals surface area contributed by atoms with Crippen LogP contribution in [-0.4, -0.2) is 62.7 Å². The van der Waals surface area contributed by atoms with Gasteiger partial charge in [-0.05, 0) is 43.5 Å². The minimum Gasteiger partial charge on any atom is -0.379 e. The molecule has 0 spiro atoms. The van der Waals surface area contributed by atoms with Gasteiger partial charge in [0.25, 0.3) is 0 Å². The lowest BCUT2D eigenvalue weighted by molar-refractivity contribution is -0.120. The predicted octanol–water partition coefficient (Wildman–Crippen LogP) is 1.58. The number of unbranched alkanes of at least 4 members (excludes halogenated alkanes) is 1. The number of hydrogen-bond acceptors (Lipinski definition) is 4. The Bertz CT molecular complexity index is 597. The number of carbonyl (C=O) groups excluding carboxylic acids is 2. The molecule has 2 aliphatic rings. The van der Waals surface area contributed by atoms with E-state index >= 15 is 0 Å². The molecule has 0 bridgehead atoms. The molecule has 0 radical (unpaired) electrons. The van der Waals surface area contributed by atoms with Gasteiger partial charge in [-0.15, -0.1) is 0 Å². The highest BCUT2D eigenvalue weighted by atomic mass is 16.5. The van der Waals surface area contributed by atoms with Crippen molar-refractivity contribution in [2.75, 3.05) is 50.8 Å². The van der Waals surface area contributed by atoms with Crippen molar-refractivity contribution < 1.29 is 14.3 Å². The summed E-state index contributed by atoms with van der Waals surface area (Å²) in [5, 5.41) is 3.00. The maximum atomic E-state index is 12.1. The molecule has 2 amide bonds. The molecule has 6 nitrogen and oxygen atoms in total. The van der Waals surface area contributed by atoms with Gasteiger partial charge in [0.2, 0.25) is 11.8 Å². The minimum absolute atomic E-state index is 0.0568. The van der Waals surface area contributed by atoms with Crippen LogP contribution in [0.1, 0.15) is 31.2 Å². The fourth-order valence-electron chi connectivity index (χ4n) is 3.48. The third-order valence-electron chi connectivity index (χ3n) is 5.01. The Hall–Kier alpha value is -1.92. The van der Waals surface area contributed by atoms with E-state index in [4.69, 9.17) is 4.74 Å². The molecule has 0 atom stereocenters. The number of amides is 2. The molecular formula is C20H29N3O3. The number of nitrogens with zero attached hydrogens (tertiary/aromatic N) is 2. The monoisotopic (exact) mass is 359 g/mol. The van der Waals surface area contributed by atoms with Crippen LogP contribution in [0.3, 0.4) is 0 Å². The van der Waals surface area contributed by atoms with Gasteiger partial charge in [-0.2, -0.15) is 0 Å². The zero-order valence-corrected chi connectivity index (χ0v) is 15.4. The van der Waals surface area contributed by atoms with Crippen molar-refractivity contribution in [3.63, 3.8) is 0 Å². The summed E-state index contributed by atoms with van der Waals surface area (Å²) in [6, 6.07) is 7.76. The molecule has 142 valence electrons. The predicted molar refractivity (Wildman–Crippen MR) is 101 cm³/mol. The van der Waals surface area contributed by atoms with E-state index in [9.17, 15) is 9.59 Å². The van der Waals surface area contributed by atoms with E-state index in [0.29, 0.717) is 12.8 Å². The number of nitrogens with one attached hydrogen (secondary N) is 1. The molecule has 2 fully saturated rings. The van der Waals surface area contributed by atoms with Gasteiger partial charge in [0.05, 0.1) is 19.6 Å². The molecule has 1 aromatic rings. The third kappa shape index (κ3) is 5.54. The summed E-state index contributed by atoms with van der Waals surface area (Å²) in [7, 11) is 0. The third-order valence-corrected chi connectivity index (χ3v) is 5.01. The van der Waals surface area contributed by atoms with Crippen LogP contribution in [0.25, 0.3) is 0 Å². The van der Waals surface area contributed by atoms with E-state index in [0.717, 1.165) is 76.5 Å². The van der Waals surface area contributed by atoms with Crippen LogP contribution >= 0.6 is 0 Å². The van der Waals surface area contributed by atoms with Crippen LogP contribution in [-0.2, 0) is 20.7 Å². The largest absolute Gasteiger partial charge is 0.379 e. The van der Waals surface area contributed by atoms with Gasteiger partial charge in [-0.3, -0.25) is 14.5 Å². The maximum Gasteiger partial charge on any atom is 0.227 e. The number of anilines is 1. The van der Waals surface area contributed by atoms with Crippen LogP contribution in [0.5, 0.6) is 0 Å². The summed E-state index contributed by atoms with van der Waals surface area (Å²) in [6.45, 7) is 6.31. The zero-order valence-electron chi connectivity index (χ0n) is 15.4. The summed E-state index contributed by atoms with van der Waals surface area (Å²) in [4.78, 5) is 28.1. The normalized spacial score (nSPS) is 18.3. The van der Waals surface area contributed by atoms with Crippen molar-refractivity contribution in [3.8, 4) is 0 Å². The summed E-state index contributed by atoms with van der Waals surface area (Å²) < 4.78 is 5.34. The Morgan fingerprint density at radius 2 is 1.85 bits per heavy atom. The fraction of sp³-hybridized carbons (Fsp3) is 0.600. The van der Waals surface area contributed by atoms with Crippen LogP contribution < -0.4 is 10.2 Å². The Kier molecular flexibility index (Phi) is 7.03.